The molecule has 1 aromatic carbocycles. The molecule has 0 spiro atoms. The number of urea groups is 1. The first kappa shape index (κ1) is 15.8. The number of hydrogen-bond donors (Lipinski definition) is 2. The molecule has 19 heavy (non-hydrogen) atoms. The third-order valence-corrected chi connectivity index (χ3v) is 3.24. The van der Waals surface area contributed by atoms with Gasteiger partial charge in [0.05, 0.1) is 0 Å². The number of amides is 2. The Labute approximate surface area is 120 Å². The summed E-state index contributed by atoms with van der Waals surface area (Å²) in [7, 11) is 0. The Morgan fingerprint density at radius 2 is 1.95 bits per heavy atom. The second-order valence-electron chi connectivity index (χ2n) is 4.85. The highest BCUT2D eigenvalue weighted by Gasteiger charge is 2.06. The van der Waals surface area contributed by atoms with Gasteiger partial charge in [-0.3, -0.25) is 0 Å². The smallest absolute Gasteiger partial charge is 0.315 e. The van der Waals surface area contributed by atoms with E-state index >= 15 is 0 Å². The van der Waals surface area contributed by atoms with Gasteiger partial charge in [-0.05, 0) is 31.0 Å². The molecule has 2 N–H and O–H groups in total. The molecule has 1 aromatic rings. The zero-order valence-corrected chi connectivity index (χ0v) is 12.5. The van der Waals surface area contributed by atoms with Crippen LogP contribution in [0.2, 0.25) is 5.02 Å². The third kappa shape index (κ3) is 7.06. The highest BCUT2D eigenvalue weighted by Crippen LogP contribution is 2.09. The number of halogens is 1. The molecule has 3 nitrogen and oxygen atoms in total. The van der Waals surface area contributed by atoms with Gasteiger partial charge in [-0.1, -0.05) is 49.9 Å². The molecule has 1 unspecified atom stereocenters. The van der Waals surface area contributed by atoms with Gasteiger partial charge < -0.3 is 10.6 Å². The van der Waals surface area contributed by atoms with Crippen LogP contribution >= 0.6 is 11.6 Å². The van der Waals surface area contributed by atoms with Crippen molar-refractivity contribution in [2.45, 2.75) is 52.1 Å². The van der Waals surface area contributed by atoms with E-state index in [0.29, 0.717) is 11.6 Å². The van der Waals surface area contributed by atoms with Crippen molar-refractivity contribution in [3.05, 3.63) is 34.9 Å². The van der Waals surface area contributed by atoms with Gasteiger partial charge in [0.25, 0.3) is 0 Å². The van der Waals surface area contributed by atoms with Crippen LogP contribution in [0.3, 0.4) is 0 Å². The van der Waals surface area contributed by atoms with Crippen molar-refractivity contribution in [3.8, 4) is 0 Å². The summed E-state index contributed by atoms with van der Waals surface area (Å²) in [4.78, 5) is 11.7. The molecule has 106 valence electrons. The molecule has 0 aliphatic rings. The number of rotatable bonds is 7. The Hall–Kier alpha value is -1.22. The molecule has 0 radical (unpaired) electrons. The minimum atomic E-state index is -0.112. The zero-order chi connectivity index (χ0) is 14.1. The van der Waals surface area contributed by atoms with Crippen LogP contribution in [0.5, 0.6) is 0 Å². The summed E-state index contributed by atoms with van der Waals surface area (Å²) in [6.45, 7) is 4.74. The topological polar surface area (TPSA) is 41.1 Å². The van der Waals surface area contributed by atoms with Crippen LogP contribution in [0.4, 0.5) is 4.79 Å². The first-order chi connectivity index (χ1) is 9.11. The predicted molar refractivity (Wildman–Crippen MR) is 80.4 cm³/mol. The molecular formula is C15H23ClN2O. The molecule has 1 rings (SSSR count). The van der Waals surface area contributed by atoms with Crippen molar-refractivity contribution >= 4 is 17.6 Å². The van der Waals surface area contributed by atoms with Crippen LogP contribution in [-0.2, 0) is 6.54 Å². The minimum Gasteiger partial charge on any atom is -0.336 e. The average Bonchev–Trinajstić information content (AvgIpc) is 2.38. The standard InChI is InChI=1S/C15H23ClN2O/c1-3-4-5-6-12(2)18-15(19)17-11-13-7-9-14(16)10-8-13/h7-10,12H,3-6,11H2,1-2H3,(H2,17,18,19). The molecule has 1 atom stereocenters. The number of benzene rings is 1. The lowest BCUT2D eigenvalue weighted by molar-refractivity contribution is 0.236. The van der Waals surface area contributed by atoms with E-state index in [1.54, 1.807) is 0 Å². The molecule has 4 heteroatoms. The third-order valence-electron chi connectivity index (χ3n) is 2.98. The summed E-state index contributed by atoms with van der Waals surface area (Å²) in [6.07, 6.45) is 4.62. The van der Waals surface area contributed by atoms with Crippen molar-refractivity contribution in [1.29, 1.82) is 0 Å². The maximum Gasteiger partial charge on any atom is 0.315 e. The molecule has 0 fully saturated rings. The van der Waals surface area contributed by atoms with Crippen LogP contribution in [0.15, 0.2) is 24.3 Å². The normalized spacial score (nSPS) is 11.9. The number of unbranched alkanes of at least 4 members (excludes halogenated alkanes) is 2. The highest BCUT2D eigenvalue weighted by atomic mass is 35.5. The SMILES string of the molecule is CCCCCC(C)NC(=O)NCc1ccc(Cl)cc1. The zero-order valence-electron chi connectivity index (χ0n) is 11.7. The second kappa shape index (κ2) is 8.81. The highest BCUT2D eigenvalue weighted by molar-refractivity contribution is 6.30. The summed E-state index contributed by atoms with van der Waals surface area (Å²) in [5, 5.41) is 6.50. The van der Waals surface area contributed by atoms with Gasteiger partial charge >= 0.3 is 6.03 Å². The van der Waals surface area contributed by atoms with E-state index in [2.05, 4.69) is 17.6 Å². The lowest BCUT2D eigenvalue weighted by Crippen LogP contribution is -2.40. The van der Waals surface area contributed by atoms with Crippen molar-refractivity contribution in [3.63, 3.8) is 0 Å². The largest absolute Gasteiger partial charge is 0.336 e. The summed E-state index contributed by atoms with van der Waals surface area (Å²) in [5.41, 5.74) is 1.04. The van der Waals surface area contributed by atoms with E-state index in [1.165, 1.54) is 12.8 Å². The molecule has 0 heterocycles. The van der Waals surface area contributed by atoms with Gasteiger partial charge in [0, 0.05) is 17.6 Å². The molecule has 0 aliphatic carbocycles. The van der Waals surface area contributed by atoms with Crippen LogP contribution in [0, 0.1) is 0 Å². The van der Waals surface area contributed by atoms with Crippen molar-refractivity contribution in [1.82, 2.24) is 10.6 Å². The number of nitrogens with one attached hydrogen (secondary N) is 2. The fraction of sp³-hybridized carbons (Fsp3) is 0.533. The molecule has 0 saturated heterocycles. The molecule has 0 aliphatic heterocycles. The van der Waals surface area contributed by atoms with E-state index < -0.39 is 0 Å². The molecule has 0 aromatic heterocycles. The van der Waals surface area contributed by atoms with Gasteiger partial charge in [-0.25, -0.2) is 4.79 Å². The van der Waals surface area contributed by atoms with Crippen molar-refractivity contribution < 1.29 is 4.79 Å². The number of hydrogen-bond acceptors (Lipinski definition) is 1. The monoisotopic (exact) mass is 282 g/mol. The number of carbonyl (C=O) groups excluding carboxylic acids is 1. The maximum atomic E-state index is 11.7. The van der Waals surface area contributed by atoms with E-state index in [4.69, 9.17) is 11.6 Å². The quantitative estimate of drug-likeness (QED) is 0.726. The second-order valence-corrected chi connectivity index (χ2v) is 5.29. The molecular weight excluding hydrogens is 260 g/mol. The van der Waals surface area contributed by atoms with Gasteiger partial charge in [0.2, 0.25) is 0 Å². The summed E-state index contributed by atoms with van der Waals surface area (Å²) < 4.78 is 0. The molecule has 0 saturated carbocycles. The lowest BCUT2D eigenvalue weighted by Gasteiger charge is -2.14. The van der Waals surface area contributed by atoms with E-state index in [-0.39, 0.29) is 12.1 Å². The van der Waals surface area contributed by atoms with Crippen LogP contribution < -0.4 is 10.6 Å². The fourth-order valence-corrected chi connectivity index (χ4v) is 1.96. The van der Waals surface area contributed by atoms with E-state index in [1.807, 2.05) is 31.2 Å². The Bertz CT molecular complexity index is 378. The Morgan fingerprint density at radius 1 is 1.26 bits per heavy atom. The van der Waals surface area contributed by atoms with Crippen LogP contribution in [-0.4, -0.2) is 12.1 Å². The summed E-state index contributed by atoms with van der Waals surface area (Å²) in [6, 6.07) is 7.57. The van der Waals surface area contributed by atoms with Crippen molar-refractivity contribution in [2.24, 2.45) is 0 Å². The van der Waals surface area contributed by atoms with Crippen molar-refractivity contribution in [2.75, 3.05) is 0 Å². The first-order valence-electron chi connectivity index (χ1n) is 6.90. The van der Waals surface area contributed by atoms with Crippen LogP contribution in [0.1, 0.15) is 45.1 Å². The predicted octanol–water partition coefficient (Wildman–Crippen LogP) is 4.11. The maximum absolute atomic E-state index is 11.7. The lowest BCUT2D eigenvalue weighted by atomic mass is 10.1. The average molecular weight is 283 g/mol. The van der Waals surface area contributed by atoms with Gasteiger partial charge in [-0.15, -0.1) is 0 Å². The minimum absolute atomic E-state index is 0.112. The van der Waals surface area contributed by atoms with Gasteiger partial charge in [0.1, 0.15) is 0 Å². The van der Waals surface area contributed by atoms with Gasteiger partial charge in [0.15, 0.2) is 0 Å². The Balaban J connectivity index is 2.22. The summed E-state index contributed by atoms with van der Waals surface area (Å²) >= 11 is 5.80. The molecule has 0 bridgehead atoms. The van der Waals surface area contributed by atoms with E-state index in [9.17, 15) is 4.79 Å². The van der Waals surface area contributed by atoms with Gasteiger partial charge in [-0.2, -0.15) is 0 Å². The number of carbonyl (C=O) groups is 1. The Kier molecular flexibility index (Phi) is 7.34. The van der Waals surface area contributed by atoms with E-state index in [0.717, 1.165) is 18.4 Å². The van der Waals surface area contributed by atoms with Crippen LogP contribution in [0.25, 0.3) is 0 Å². The Morgan fingerprint density at radius 3 is 2.58 bits per heavy atom. The molecule has 2 amide bonds. The fourth-order valence-electron chi connectivity index (χ4n) is 1.83. The first-order valence-corrected chi connectivity index (χ1v) is 7.28. The summed E-state index contributed by atoms with van der Waals surface area (Å²) in [5.74, 6) is 0.